The Morgan fingerprint density at radius 2 is 2.35 bits per heavy atom. The molecule has 17 heavy (non-hydrogen) atoms. The van der Waals surface area contributed by atoms with Crippen LogP contribution in [0.3, 0.4) is 0 Å². The second kappa shape index (κ2) is 5.14. The summed E-state index contributed by atoms with van der Waals surface area (Å²) in [5, 5.41) is 2.85. The largest absolute Gasteiger partial charge is 0.347 e. The van der Waals surface area contributed by atoms with Gasteiger partial charge in [0.1, 0.15) is 5.69 Å². The molecule has 0 saturated carbocycles. The summed E-state index contributed by atoms with van der Waals surface area (Å²) in [5.74, 6) is 0.0497. The van der Waals surface area contributed by atoms with Crippen molar-refractivity contribution in [1.82, 2.24) is 9.88 Å². The van der Waals surface area contributed by atoms with Crippen LogP contribution in [0, 0.1) is 0 Å². The molecule has 0 spiro atoms. The lowest BCUT2D eigenvalue weighted by Crippen LogP contribution is -2.45. The molecule has 0 radical (unpaired) electrons. The van der Waals surface area contributed by atoms with Gasteiger partial charge in [0.2, 0.25) is 0 Å². The summed E-state index contributed by atoms with van der Waals surface area (Å²) < 4.78 is 0. The Morgan fingerprint density at radius 3 is 2.94 bits per heavy atom. The molecule has 2 rings (SSSR count). The molecule has 1 aliphatic rings. The summed E-state index contributed by atoms with van der Waals surface area (Å²) in [5.41, 5.74) is 0.594. The normalized spacial score (nSPS) is 20.9. The van der Waals surface area contributed by atoms with Gasteiger partial charge < -0.3 is 9.80 Å². The third kappa shape index (κ3) is 2.84. The number of thiazole rings is 1. The summed E-state index contributed by atoms with van der Waals surface area (Å²) in [6.45, 7) is 3.63. The molecule has 0 bridgehead atoms. The van der Waals surface area contributed by atoms with Crippen molar-refractivity contribution < 1.29 is 4.79 Å². The summed E-state index contributed by atoms with van der Waals surface area (Å²) in [6.07, 6.45) is 2.44. The molecule has 1 fully saturated rings. The van der Waals surface area contributed by atoms with Crippen LogP contribution in [0.1, 0.15) is 30.3 Å². The molecule has 0 amide bonds. The number of Topliss-reactive ketones (excluding diaryl/α,β-unsaturated/α-hetero) is 1. The number of hydrogen-bond acceptors (Lipinski definition) is 5. The van der Waals surface area contributed by atoms with Crippen LogP contribution in [-0.4, -0.2) is 48.9 Å². The predicted molar refractivity (Wildman–Crippen MR) is 71.0 cm³/mol. The molecule has 1 aliphatic heterocycles. The molecule has 0 N–H and O–H groups in total. The Kier molecular flexibility index (Phi) is 3.79. The van der Waals surface area contributed by atoms with Crippen molar-refractivity contribution in [3.63, 3.8) is 0 Å². The fourth-order valence-corrected chi connectivity index (χ4v) is 3.02. The smallest absolute Gasteiger partial charge is 0.186 e. The molecule has 1 atom stereocenters. The zero-order valence-corrected chi connectivity index (χ0v) is 11.5. The van der Waals surface area contributed by atoms with Crippen molar-refractivity contribution in [2.45, 2.75) is 25.8 Å². The van der Waals surface area contributed by atoms with E-state index in [1.807, 2.05) is 5.38 Å². The molecular formula is C12H19N3OS. The zero-order chi connectivity index (χ0) is 12.4. The number of likely N-dealkylation sites (N-methyl/N-ethyl adjacent to an activating group) is 1. The minimum atomic E-state index is 0.0497. The first-order valence-corrected chi connectivity index (χ1v) is 6.83. The van der Waals surface area contributed by atoms with E-state index in [0.29, 0.717) is 11.7 Å². The van der Waals surface area contributed by atoms with Gasteiger partial charge in [0.05, 0.1) is 0 Å². The van der Waals surface area contributed by atoms with Gasteiger partial charge in [-0.2, -0.15) is 0 Å². The minimum absolute atomic E-state index is 0.0497. The molecule has 1 aromatic rings. The maximum absolute atomic E-state index is 11.2. The Bertz CT molecular complexity index is 402. The van der Waals surface area contributed by atoms with Gasteiger partial charge in [-0.1, -0.05) is 0 Å². The van der Waals surface area contributed by atoms with Gasteiger partial charge in [-0.05, 0) is 26.9 Å². The van der Waals surface area contributed by atoms with Crippen LogP contribution in [0.2, 0.25) is 0 Å². The molecule has 1 aromatic heterocycles. The molecule has 1 unspecified atom stereocenters. The highest BCUT2D eigenvalue weighted by Crippen LogP contribution is 2.25. The van der Waals surface area contributed by atoms with E-state index in [1.165, 1.54) is 12.8 Å². The first kappa shape index (κ1) is 12.5. The van der Waals surface area contributed by atoms with Crippen LogP contribution in [0.25, 0.3) is 0 Å². The fraction of sp³-hybridized carbons (Fsp3) is 0.667. The summed E-state index contributed by atoms with van der Waals surface area (Å²) in [4.78, 5) is 20.2. The molecule has 1 saturated heterocycles. The number of anilines is 1. The molecule has 0 aliphatic carbocycles. The Labute approximate surface area is 106 Å². The number of carbonyl (C=O) groups is 1. The number of carbonyl (C=O) groups excluding carboxylic acids is 1. The molecule has 94 valence electrons. The Hall–Kier alpha value is -0.940. The Morgan fingerprint density at radius 1 is 1.59 bits per heavy atom. The highest BCUT2D eigenvalue weighted by molar-refractivity contribution is 7.13. The lowest BCUT2D eigenvalue weighted by molar-refractivity contribution is 0.101. The van der Waals surface area contributed by atoms with Crippen molar-refractivity contribution >= 4 is 22.3 Å². The molecule has 2 heterocycles. The van der Waals surface area contributed by atoms with Gasteiger partial charge in [-0.3, -0.25) is 4.79 Å². The summed E-state index contributed by atoms with van der Waals surface area (Å²) in [6, 6.07) is 0.591. The van der Waals surface area contributed by atoms with E-state index in [-0.39, 0.29) is 5.78 Å². The first-order chi connectivity index (χ1) is 8.08. The third-order valence-electron chi connectivity index (χ3n) is 3.25. The fourth-order valence-electron chi connectivity index (χ4n) is 2.12. The molecular weight excluding hydrogens is 234 g/mol. The van der Waals surface area contributed by atoms with Gasteiger partial charge in [0.15, 0.2) is 10.9 Å². The zero-order valence-electron chi connectivity index (χ0n) is 10.6. The van der Waals surface area contributed by atoms with Gasteiger partial charge in [0.25, 0.3) is 0 Å². The molecule has 5 heteroatoms. The van der Waals surface area contributed by atoms with E-state index < -0.39 is 0 Å². The number of rotatable bonds is 3. The maximum atomic E-state index is 11.2. The van der Waals surface area contributed by atoms with Crippen LogP contribution in [0.4, 0.5) is 5.13 Å². The topological polar surface area (TPSA) is 36.4 Å². The first-order valence-electron chi connectivity index (χ1n) is 5.96. The van der Waals surface area contributed by atoms with Gasteiger partial charge >= 0.3 is 0 Å². The molecule has 0 aromatic carbocycles. The quantitative estimate of drug-likeness (QED) is 0.771. The SMILES string of the molecule is CC(=O)c1csc(N2CCCC(N(C)C)C2)n1. The van der Waals surface area contributed by atoms with Gasteiger partial charge in [-0.15, -0.1) is 11.3 Å². The average molecular weight is 253 g/mol. The lowest BCUT2D eigenvalue weighted by atomic mass is 10.1. The van der Waals surface area contributed by atoms with E-state index in [2.05, 4.69) is 28.9 Å². The number of piperidine rings is 1. The lowest BCUT2D eigenvalue weighted by Gasteiger charge is -2.35. The second-order valence-corrected chi connectivity index (χ2v) is 5.61. The summed E-state index contributed by atoms with van der Waals surface area (Å²) in [7, 11) is 4.24. The average Bonchev–Trinajstić information content (AvgIpc) is 2.78. The standard InChI is InChI=1S/C12H19N3OS/c1-9(16)11-8-17-12(13-11)15-6-4-5-10(7-15)14(2)3/h8,10H,4-7H2,1-3H3. The van der Waals surface area contributed by atoms with Crippen molar-refractivity contribution in [3.8, 4) is 0 Å². The van der Waals surface area contributed by atoms with E-state index in [9.17, 15) is 4.79 Å². The number of ketones is 1. The van der Waals surface area contributed by atoms with Crippen LogP contribution >= 0.6 is 11.3 Å². The van der Waals surface area contributed by atoms with E-state index >= 15 is 0 Å². The van der Waals surface area contributed by atoms with Gasteiger partial charge in [-0.25, -0.2) is 4.98 Å². The van der Waals surface area contributed by atoms with Crippen molar-refractivity contribution in [3.05, 3.63) is 11.1 Å². The number of aromatic nitrogens is 1. The van der Waals surface area contributed by atoms with Gasteiger partial charge in [0, 0.05) is 31.4 Å². The highest BCUT2D eigenvalue weighted by Gasteiger charge is 2.23. The highest BCUT2D eigenvalue weighted by atomic mass is 32.1. The van der Waals surface area contributed by atoms with Crippen molar-refractivity contribution in [2.75, 3.05) is 32.1 Å². The number of nitrogens with zero attached hydrogens (tertiary/aromatic N) is 3. The van der Waals surface area contributed by atoms with E-state index in [1.54, 1.807) is 18.3 Å². The van der Waals surface area contributed by atoms with Crippen LogP contribution in [0.5, 0.6) is 0 Å². The van der Waals surface area contributed by atoms with E-state index in [4.69, 9.17) is 0 Å². The minimum Gasteiger partial charge on any atom is -0.347 e. The monoisotopic (exact) mass is 253 g/mol. The Balaban J connectivity index is 2.08. The predicted octanol–water partition coefficient (Wildman–Crippen LogP) is 1.88. The van der Waals surface area contributed by atoms with Crippen LogP contribution < -0.4 is 4.90 Å². The summed E-state index contributed by atoms with van der Waals surface area (Å²) >= 11 is 1.57. The van der Waals surface area contributed by atoms with Crippen molar-refractivity contribution in [2.24, 2.45) is 0 Å². The van der Waals surface area contributed by atoms with Crippen LogP contribution in [-0.2, 0) is 0 Å². The maximum Gasteiger partial charge on any atom is 0.186 e. The third-order valence-corrected chi connectivity index (χ3v) is 4.15. The van der Waals surface area contributed by atoms with E-state index in [0.717, 1.165) is 18.2 Å². The van der Waals surface area contributed by atoms with Crippen molar-refractivity contribution in [1.29, 1.82) is 0 Å². The second-order valence-electron chi connectivity index (χ2n) is 4.78. The van der Waals surface area contributed by atoms with Crippen LogP contribution in [0.15, 0.2) is 5.38 Å². The number of hydrogen-bond donors (Lipinski definition) is 0. The molecule has 4 nitrogen and oxygen atoms in total.